The van der Waals surface area contributed by atoms with Crippen molar-refractivity contribution in [2.75, 3.05) is 19.5 Å². The SMILES string of the molecule is COc1ccc(OC)c(NC(=S)NNC(=O)C(C)Oc2ccc([N+](=O)[O-])cc2)c1. The molecule has 1 atom stereocenters. The van der Waals surface area contributed by atoms with Crippen molar-refractivity contribution in [2.24, 2.45) is 0 Å². The highest BCUT2D eigenvalue weighted by Gasteiger charge is 2.16. The molecule has 0 fully saturated rings. The minimum absolute atomic E-state index is 0.0690. The van der Waals surface area contributed by atoms with Crippen LogP contribution in [0.1, 0.15) is 6.92 Å². The topological polar surface area (TPSA) is 124 Å². The second-order valence-electron chi connectivity index (χ2n) is 5.65. The van der Waals surface area contributed by atoms with Crippen molar-refractivity contribution in [3.63, 3.8) is 0 Å². The molecule has 0 bridgehead atoms. The Kier molecular flexibility index (Phi) is 7.54. The molecule has 154 valence electrons. The number of hydrogen-bond acceptors (Lipinski definition) is 7. The van der Waals surface area contributed by atoms with Crippen LogP contribution in [0.25, 0.3) is 0 Å². The third-order valence-electron chi connectivity index (χ3n) is 3.68. The predicted molar refractivity (Wildman–Crippen MR) is 110 cm³/mol. The summed E-state index contributed by atoms with van der Waals surface area (Å²) in [4.78, 5) is 22.3. The first-order chi connectivity index (χ1) is 13.8. The summed E-state index contributed by atoms with van der Waals surface area (Å²) in [6.07, 6.45) is -0.877. The minimum Gasteiger partial charge on any atom is -0.497 e. The Labute approximate surface area is 172 Å². The summed E-state index contributed by atoms with van der Waals surface area (Å²) in [6, 6.07) is 10.5. The predicted octanol–water partition coefficient (Wildman–Crippen LogP) is 2.40. The van der Waals surface area contributed by atoms with Gasteiger partial charge in [-0.2, -0.15) is 0 Å². The number of rotatable bonds is 7. The number of non-ortho nitro benzene ring substituents is 1. The number of anilines is 1. The van der Waals surface area contributed by atoms with Crippen LogP contribution in [0.4, 0.5) is 11.4 Å². The van der Waals surface area contributed by atoms with Crippen molar-refractivity contribution >= 4 is 34.6 Å². The second kappa shape index (κ2) is 10.1. The zero-order chi connectivity index (χ0) is 21.4. The van der Waals surface area contributed by atoms with Crippen molar-refractivity contribution < 1.29 is 23.9 Å². The highest BCUT2D eigenvalue weighted by atomic mass is 32.1. The lowest BCUT2D eigenvalue weighted by molar-refractivity contribution is -0.384. The molecule has 0 saturated carbocycles. The van der Waals surface area contributed by atoms with Gasteiger partial charge in [0.1, 0.15) is 17.2 Å². The number of carbonyl (C=O) groups excluding carboxylic acids is 1. The van der Waals surface area contributed by atoms with E-state index in [0.29, 0.717) is 22.9 Å². The Balaban J connectivity index is 1.87. The van der Waals surface area contributed by atoms with E-state index >= 15 is 0 Å². The van der Waals surface area contributed by atoms with Crippen molar-refractivity contribution in [3.05, 3.63) is 52.6 Å². The molecule has 0 saturated heterocycles. The molecule has 11 heteroatoms. The number of nitrogens with one attached hydrogen (secondary N) is 3. The molecule has 0 radical (unpaired) electrons. The molecule has 0 aliphatic heterocycles. The molecule has 0 aliphatic rings. The first-order valence-corrected chi connectivity index (χ1v) is 8.75. The van der Waals surface area contributed by atoms with Gasteiger partial charge in [0.25, 0.3) is 11.6 Å². The number of ether oxygens (including phenoxy) is 3. The Morgan fingerprint density at radius 3 is 2.31 bits per heavy atom. The van der Waals surface area contributed by atoms with Crippen LogP contribution < -0.4 is 30.4 Å². The summed E-state index contributed by atoms with van der Waals surface area (Å²) in [6.45, 7) is 1.53. The van der Waals surface area contributed by atoms with Crippen molar-refractivity contribution in [1.82, 2.24) is 10.9 Å². The van der Waals surface area contributed by atoms with Gasteiger partial charge in [0.15, 0.2) is 11.2 Å². The van der Waals surface area contributed by atoms with Crippen LogP contribution in [-0.4, -0.2) is 36.3 Å². The number of carbonyl (C=O) groups is 1. The van der Waals surface area contributed by atoms with Crippen molar-refractivity contribution in [3.8, 4) is 17.2 Å². The summed E-state index contributed by atoms with van der Waals surface area (Å²) < 4.78 is 15.9. The first kappa shape index (κ1) is 21.7. The number of hydrazine groups is 1. The smallest absolute Gasteiger partial charge is 0.279 e. The summed E-state index contributed by atoms with van der Waals surface area (Å²) in [5.74, 6) is 0.964. The normalized spacial score (nSPS) is 11.0. The standard InChI is InChI=1S/C18H20N4O6S/c1-11(28-13-6-4-12(5-7-13)22(24)25)17(23)20-21-18(29)19-15-10-14(26-2)8-9-16(15)27-3/h4-11H,1-3H3,(H,20,23)(H2,19,21,29). The molecule has 2 aromatic carbocycles. The number of nitro groups is 1. The molecule has 0 aromatic heterocycles. The molecule has 0 spiro atoms. The van der Waals surface area contributed by atoms with E-state index in [2.05, 4.69) is 16.2 Å². The van der Waals surface area contributed by atoms with E-state index < -0.39 is 16.9 Å². The average Bonchev–Trinajstić information content (AvgIpc) is 2.72. The van der Waals surface area contributed by atoms with Crippen LogP contribution in [0.5, 0.6) is 17.2 Å². The van der Waals surface area contributed by atoms with Gasteiger partial charge < -0.3 is 19.5 Å². The van der Waals surface area contributed by atoms with E-state index in [-0.39, 0.29) is 10.8 Å². The maximum Gasteiger partial charge on any atom is 0.279 e. The lowest BCUT2D eigenvalue weighted by Crippen LogP contribution is -2.48. The van der Waals surface area contributed by atoms with E-state index in [9.17, 15) is 14.9 Å². The van der Waals surface area contributed by atoms with Gasteiger partial charge in [0.2, 0.25) is 0 Å². The van der Waals surface area contributed by atoms with Gasteiger partial charge in [0, 0.05) is 18.2 Å². The van der Waals surface area contributed by atoms with Gasteiger partial charge in [-0.15, -0.1) is 0 Å². The molecule has 29 heavy (non-hydrogen) atoms. The van der Waals surface area contributed by atoms with Gasteiger partial charge in [-0.3, -0.25) is 25.8 Å². The first-order valence-electron chi connectivity index (χ1n) is 8.34. The number of nitrogens with zero attached hydrogens (tertiary/aromatic N) is 1. The second-order valence-corrected chi connectivity index (χ2v) is 6.05. The third-order valence-corrected chi connectivity index (χ3v) is 3.89. The van der Waals surface area contributed by atoms with Gasteiger partial charge in [0.05, 0.1) is 24.8 Å². The number of hydrogen-bond donors (Lipinski definition) is 3. The maximum absolute atomic E-state index is 12.2. The van der Waals surface area contributed by atoms with E-state index in [1.807, 2.05) is 0 Å². The number of amides is 1. The van der Waals surface area contributed by atoms with Crippen molar-refractivity contribution in [2.45, 2.75) is 13.0 Å². The molecular formula is C18H20N4O6S. The van der Waals surface area contributed by atoms with Crippen LogP contribution in [0, 0.1) is 10.1 Å². The minimum atomic E-state index is -0.877. The largest absolute Gasteiger partial charge is 0.497 e. The van der Waals surface area contributed by atoms with Gasteiger partial charge in [-0.1, -0.05) is 0 Å². The highest BCUT2D eigenvalue weighted by Crippen LogP contribution is 2.28. The highest BCUT2D eigenvalue weighted by molar-refractivity contribution is 7.80. The zero-order valence-corrected chi connectivity index (χ0v) is 16.7. The van der Waals surface area contributed by atoms with Crippen LogP contribution in [0.15, 0.2) is 42.5 Å². The number of thiocarbonyl (C=S) groups is 1. The molecule has 1 amide bonds. The van der Waals surface area contributed by atoms with Crippen LogP contribution in [-0.2, 0) is 4.79 Å². The molecule has 10 nitrogen and oxygen atoms in total. The van der Waals surface area contributed by atoms with Gasteiger partial charge in [-0.05, 0) is 43.4 Å². The van der Waals surface area contributed by atoms with Gasteiger partial charge in [-0.25, -0.2) is 0 Å². The Hall–Kier alpha value is -3.60. The fourth-order valence-corrected chi connectivity index (χ4v) is 2.35. The summed E-state index contributed by atoms with van der Waals surface area (Å²) in [5, 5.41) is 13.7. The summed E-state index contributed by atoms with van der Waals surface area (Å²) in [7, 11) is 3.05. The van der Waals surface area contributed by atoms with E-state index in [1.54, 1.807) is 18.2 Å². The third kappa shape index (κ3) is 6.21. The Morgan fingerprint density at radius 2 is 1.72 bits per heavy atom. The molecule has 0 heterocycles. The lowest BCUT2D eigenvalue weighted by atomic mass is 10.2. The fourth-order valence-electron chi connectivity index (χ4n) is 2.19. The van der Waals surface area contributed by atoms with E-state index in [4.69, 9.17) is 26.4 Å². The van der Waals surface area contributed by atoms with Crippen LogP contribution in [0.3, 0.4) is 0 Å². The zero-order valence-electron chi connectivity index (χ0n) is 15.9. The average molecular weight is 420 g/mol. The maximum atomic E-state index is 12.2. The molecular weight excluding hydrogens is 400 g/mol. The molecule has 1 unspecified atom stereocenters. The van der Waals surface area contributed by atoms with E-state index in [1.165, 1.54) is 45.4 Å². The number of nitro benzene ring substituents is 1. The molecule has 0 aliphatic carbocycles. The summed E-state index contributed by atoms with van der Waals surface area (Å²) >= 11 is 5.16. The van der Waals surface area contributed by atoms with E-state index in [0.717, 1.165) is 0 Å². The fraction of sp³-hybridized carbons (Fsp3) is 0.222. The molecule has 2 aromatic rings. The van der Waals surface area contributed by atoms with Crippen molar-refractivity contribution in [1.29, 1.82) is 0 Å². The quantitative estimate of drug-likeness (QED) is 0.352. The molecule has 3 N–H and O–H groups in total. The lowest BCUT2D eigenvalue weighted by Gasteiger charge is -2.17. The van der Waals surface area contributed by atoms with Gasteiger partial charge >= 0.3 is 0 Å². The monoisotopic (exact) mass is 420 g/mol. The Morgan fingerprint density at radius 1 is 1.07 bits per heavy atom. The number of benzene rings is 2. The molecule has 2 rings (SSSR count). The van der Waals surface area contributed by atoms with Crippen LogP contribution >= 0.6 is 12.2 Å². The van der Waals surface area contributed by atoms with Crippen LogP contribution in [0.2, 0.25) is 0 Å². The Bertz CT molecular complexity index is 890. The summed E-state index contributed by atoms with van der Waals surface area (Å²) in [5.41, 5.74) is 5.47. The number of methoxy groups -OCH3 is 2.